The van der Waals surface area contributed by atoms with Crippen molar-refractivity contribution in [3.8, 4) is 5.75 Å². The normalized spacial score (nSPS) is 12.5. The lowest BCUT2D eigenvalue weighted by molar-refractivity contribution is -0.153. The molecule has 0 N–H and O–H groups in total. The highest BCUT2D eigenvalue weighted by Gasteiger charge is 2.29. The first-order chi connectivity index (χ1) is 7.61. The second-order valence-corrected chi connectivity index (χ2v) is 5.76. The molecule has 0 atom stereocenters. The van der Waals surface area contributed by atoms with Crippen LogP contribution in [0.5, 0.6) is 5.75 Å². The van der Waals surface area contributed by atoms with Crippen molar-refractivity contribution in [3.05, 3.63) is 23.8 Å². The molecule has 0 aliphatic rings. The molecule has 3 nitrogen and oxygen atoms in total. The smallest absolute Gasteiger partial charge is 0.422 e. The van der Waals surface area contributed by atoms with Crippen LogP contribution in [0.15, 0.2) is 23.1 Å². The number of benzene rings is 1. The van der Waals surface area contributed by atoms with Gasteiger partial charge in [-0.2, -0.15) is 13.2 Å². The molecule has 0 heterocycles. The van der Waals surface area contributed by atoms with Crippen LogP contribution < -0.4 is 4.74 Å². The molecule has 96 valence electrons. The van der Waals surface area contributed by atoms with Crippen molar-refractivity contribution in [1.29, 1.82) is 0 Å². The maximum atomic E-state index is 11.9. The number of rotatable bonds is 3. The van der Waals surface area contributed by atoms with Crippen LogP contribution in [0, 0.1) is 6.92 Å². The molecule has 0 aromatic heterocycles. The molecule has 0 aliphatic carbocycles. The second-order valence-electron chi connectivity index (χ2n) is 3.22. The van der Waals surface area contributed by atoms with Crippen LogP contribution in [0.1, 0.15) is 5.56 Å². The molecule has 17 heavy (non-hydrogen) atoms. The third-order valence-corrected chi connectivity index (χ3v) is 3.35. The summed E-state index contributed by atoms with van der Waals surface area (Å²) in [5.41, 5.74) is 0.0479. The van der Waals surface area contributed by atoms with Crippen LogP contribution in [-0.2, 0) is 9.05 Å². The molecular formula is C9H8ClF3O3S. The van der Waals surface area contributed by atoms with Crippen molar-refractivity contribution in [2.45, 2.75) is 18.0 Å². The van der Waals surface area contributed by atoms with Crippen molar-refractivity contribution in [3.63, 3.8) is 0 Å². The number of hydrogen-bond acceptors (Lipinski definition) is 3. The van der Waals surface area contributed by atoms with Crippen molar-refractivity contribution in [1.82, 2.24) is 0 Å². The molecule has 0 amide bonds. The van der Waals surface area contributed by atoms with E-state index in [1.165, 1.54) is 25.1 Å². The molecule has 0 unspecified atom stereocenters. The van der Waals surface area contributed by atoms with Gasteiger partial charge in [0.15, 0.2) is 6.61 Å². The first-order valence-electron chi connectivity index (χ1n) is 4.35. The maximum absolute atomic E-state index is 11.9. The monoisotopic (exact) mass is 288 g/mol. The van der Waals surface area contributed by atoms with Crippen molar-refractivity contribution < 1.29 is 26.3 Å². The van der Waals surface area contributed by atoms with Crippen LogP contribution in [0.4, 0.5) is 13.2 Å². The summed E-state index contributed by atoms with van der Waals surface area (Å²) >= 11 is 0. The van der Waals surface area contributed by atoms with Crippen LogP contribution >= 0.6 is 10.7 Å². The Morgan fingerprint density at radius 2 is 1.94 bits per heavy atom. The summed E-state index contributed by atoms with van der Waals surface area (Å²) in [5, 5.41) is 0. The van der Waals surface area contributed by atoms with E-state index in [0.29, 0.717) is 0 Å². The Kier molecular flexibility index (Phi) is 3.93. The molecule has 8 heteroatoms. The molecule has 0 spiro atoms. The zero-order chi connectivity index (χ0) is 13.3. The second kappa shape index (κ2) is 4.73. The van der Waals surface area contributed by atoms with E-state index in [-0.39, 0.29) is 16.2 Å². The molecule has 1 rings (SSSR count). The Morgan fingerprint density at radius 1 is 1.35 bits per heavy atom. The molecule has 0 radical (unpaired) electrons. The van der Waals surface area contributed by atoms with E-state index >= 15 is 0 Å². The van der Waals surface area contributed by atoms with Gasteiger partial charge >= 0.3 is 6.18 Å². The lowest BCUT2D eigenvalue weighted by atomic mass is 10.2. The van der Waals surface area contributed by atoms with Gasteiger partial charge < -0.3 is 4.74 Å². The average Bonchev–Trinajstić information content (AvgIpc) is 2.13. The van der Waals surface area contributed by atoms with Crippen molar-refractivity contribution in [2.75, 3.05) is 6.61 Å². The highest BCUT2D eigenvalue weighted by Crippen LogP contribution is 2.28. The number of hydrogen-bond donors (Lipinski definition) is 0. The Labute approximate surface area is 101 Å². The van der Waals surface area contributed by atoms with Gasteiger partial charge in [0.05, 0.1) is 4.90 Å². The highest BCUT2D eigenvalue weighted by atomic mass is 35.7. The van der Waals surface area contributed by atoms with Gasteiger partial charge in [-0.05, 0) is 19.1 Å². The minimum Gasteiger partial charge on any atom is -0.484 e. The minimum absolute atomic E-state index is 0.0479. The summed E-state index contributed by atoms with van der Waals surface area (Å²) in [6.07, 6.45) is -4.48. The number of alkyl halides is 3. The predicted octanol–water partition coefficient (Wildman–Crippen LogP) is 2.86. The van der Waals surface area contributed by atoms with E-state index in [9.17, 15) is 21.6 Å². The van der Waals surface area contributed by atoms with Crippen molar-refractivity contribution in [2.24, 2.45) is 0 Å². The fraction of sp³-hybridized carbons (Fsp3) is 0.333. The number of halogens is 4. The predicted molar refractivity (Wildman–Crippen MR) is 55.8 cm³/mol. The summed E-state index contributed by atoms with van der Waals surface area (Å²) in [4.78, 5) is -0.265. The SMILES string of the molecule is Cc1c(OCC(F)(F)F)cccc1S(=O)(=O)Cl. The first-order valence-corrected chi connectivity index (χ1v) is 6.66. The fourth-order valence-corrected chi connectivity index (χ4v) is 2.38. The van der Waals surface area contributed by atoms with E-state index in [0.717, 1.165) is 0 Å². The van der Waals surface area contributed by atoms with Gasteiger partial charge in [-0.15, -0.1) is 0 Å². The van der Waals surface area contributed by atoms with E-state index in [4.69, 9.17) is 10.7 Å². The largest absolute Gasteiger partial charge is 0.484 e. The Bertz CT molecular complexity index is 511. The summed E-state index contributed by atoms with van der Waals surface area (Å²) in [6.45, 7) is -0.166. The standard InChI is InChI=1S/C9H8ClF3O3S/c1-6-7(16-5-9(11,12)13)3-2-4-8(6)17(10,14)15/h2-4H,5H2,1H3. The van der Waals surface area contributed by atoms with Gasteiger partial charge in [-0.1, -0.05) is 6.07 Å². The van der Waals surface area contributed by atoms with E-state index in [1.807, 2.05) is 0 Å². The zero-order valence-corrected chi connectivity index (χ0v) is 10.2. The Balaban J connectivity index is 3.04. The molecule has 0 fully saturated rings. The first kappa shape index (κ1) is 14.1. The molecule has 1 aromatic rings. The lowest BCUT2D eigenvalue weighted by Gasteiger charge is -2.12. The third-order valence-electron chi connectivity index (χ3n) is 1.89. The van der Waals surface area contributed by atoms with E-state index < -0.39 is 21.8 Å². The average molecular weight is 289 g/mol. The topological polar surface area (TPSA) is 43.4 Å². The summed E-state index contributed by atoms with van der Waals surface area (Å²) in [5.74, 6) is -0.163. The summed E-state index contributed by atoms with van der Waals surface area (Å²) in [6, 6.07) is 3.69. The maximum Gasteiger partial charge on any atom is 0.422 e. The van der Waals surface area contributed by atoms with Crippen LogP contribution in [0.2, 0.25) is 0 Å². The molecule has 0 bridgehead atoms. The Hall–Kier alpha value is -0.950. The van der Waals surface area contributed by atoms with Gasteiger partial charge in [0.1, 0.15) is 5.75 Å². The van der Waals surface area contributed by atoms with Gasteiger partial charge in [0, 0.05) is 16.2 Å². The van der Waals surface area contributed by atoms with Gasteiger partial charge in [0.2, 0.25) is 0 Å². The molecule has 0 saturated carbocycles. The van der Waals surface area contributed by atoms with Crippen LogP contribution in [-0.4, -0.2) is 21.2 Å². The third kappa shape index (κ3) is 4.08. The lowest BCUT2D eigenvalue weighted by Crippen LogP contribution is -2.19. The minimum atomic E-state index is -4.48. The van der Waals surface area contributed by atoms with Crippen LogP contribution in [0.3, 0.4) is 0 Å². The fourth-order valence-electron chi connectivity index (χ4n) is 1.17. The van der Waals surface area contributed by atoms with Gasteiger partial charge in [0.25, 0.3) is 9.05 Å². The molecule has 1 aromatic carbocycles. The van der Waals surface area contributed by atoms with Gasteiger partial charge in [-0.25, -0.2) is 8.42 Å². The quantitative estimate of drug-likeness (QED) is 0.803. The zero-order valence-electron chi connectivity index (χ0n) is 8.58. The van der Waals surface area contributed by atoms with E-state index in [1.54, 1.807) is 0 Å². The highest BCUT2D eigenvalue weighted by molar-refractivity contribution is 8.13. The molecule has 0 saturated heterocycles. The van der Waals surface area contributed by atoms with Crippen molar-refractivity contribution >= 4 is 19.7 Å². The molecular weight excluding hydrogens is 281 g/mol. The summed E-state index contributed by atoms with van der Waals surface area (Å²) < 4.78 is 62.5. The number of ether oxygens (including phenoxy) is 1. The molecule has 0 aliphatic heterocycles. The van der Waals surface area contributed by atoms with Crippen LogP contribution in [0.25, 0.3) is 0 Å². The van der Waals surface area contributed by atoms with Gasteiger partial charge in [-0.3, -0.25) is 0 Å². The van der Waals surface area contributed by atoms with E-state index in [2.05, 4.69) is 4.74 Å². The Morgan fingerprint density at radius 3 is 2.41 bits per heavy atom. The summed E-state index contributed by atoms with van der Waals surface area (Å²) in [7, 11) is 1.12.